The lowest BCUT2D eigenvalue weighted by Gasteiger charge is -2.29. The predicted molar refractivity (Wildman–Crippen MR) is 71.4 cm³/mol. The van der Waals surface area contributed by atoms with E-state index >= 15 is 0 Å². The van der Waals surface area contributed by atoms with E-state index in [1.807, 2.05) is 20.8 Å². The van der Waals surface area contributed by atoms with Crippen LogP contribution in [0.2, 0.25) is 0 Å². The second-order valence-electron chi connectivity index (χ2n) is 4.92. The lowest BCUT2D eigenvalue weighted by atomic mass is 9.94. The number of benzene rings is 1. The fourth-order valence-corrected chi connectivity index (χ4v) is 2.22. The van der Waals surface area contributed by atoms with Crippen LogP contribution in [-0.4, -0.2) is 18.8 Å². The zero-order valence-corrected chi connectivity index (χ0v) is 11.6. The van der Waals surface area contributed by atoms with Crippen molar-refractivity contribution in [2.75, 3.05) is 6.61 Å². The van der Waals surface area contributed by atoms with Crippen LogP contribution in [-0.2, 0) is 11.2 Å². The Morgan fingerprint density at radius 2 is 1.79 bits per heavy atom. The summed E-state index contributed by atoms with van der Waals surface area (Å²) in [7, 11) is 0. The van der Waals surface area contributed by atoms with Gasteiger partial charge in [0.15, 0.2) is 0 Å². The van der Waals surface area contributed by atoms with Gasteiger partial charge >= 0.3 is 0 Å². The maximum absolute atomic E-state index is 13.2. The van der Waals surface area contributed by atoms with Gasteiger partial charge in [0.05, 0.1) is 12.1 Å². The van der Waals surface area contributed by atoms with Crippen LogP contribution >= 0.6 is 0 Å². The molecule has 0 heterocycles. The number of nitrogens with one attached hydrogen (secondary N) is 1. The SMILES string of the molecule is CCOC(C(C)C)C(Cc1cc(F)cc(F)c1)NN. The molecule has 0 amide bonds. The standard InChI is InChI=1S/C14H22F2N2O/c1-4-19-14(9(2)3)13(18-17)7-10-5-11(15)8-12(16)6-10/h5-6,8-9,13-14,18H,4,7,17H2,1-3H3. The van der Waals surface area contributed by atoms with Gasteiger partial charge in [-0.3, -0.25) is 11.3 Å². The summed E-state index contributed by atoms with van der Waals surface area (Å²) in [6.07, 6.45) is 0.301. The monoisotopic (exact) mass is 272 g/mol. The van der Waals surface area contributed by atoms with Crippen molar-refractivity contribution >= 4 is 0 Å². The van der Waals surface area contributed by atoms with E-state index in [1.54, 1.807) is 0 Å². The molecule has 3 nitrogen and oxygen atoms in total. The second-order valence-corrected chi connectivity index (χ2v) is 4.92. The highest BCUT2D eigenvalue weighted by Crippen LogP contribution is 2.17. The molecule has 0 aliphatic heterocycles. The maximum atomic E-state index is 13.2. The van der Waals surface area contributed by atoms with Crippen molar-refractivity contribution in [3.05, 3.63) is 35.4 Å². The first-order valence-electron chi connectivity index (χ1n) is 6.50. The average molecular weight is 272 g/mol. The number of halogens is 2. The second kappa shape index (κ2) is 7.53. The lowest BCUT2D eigenvalue weighted by molar-refractivity contribution is 0.00353. The third-order valence-electron chi connectivity index (χ3n) is 3.00. The van der Waals surface area contributed by atoms with E-state index in [0.717, 1.165) is 6.07 Å². The minimum Gasteiger partial charge on any atom is -0.377 e. The van der Waals surface area contributed by atoms with Gasteiger partial charge in [-0.2, -0.15) is 0 Å². The smallest absolute Gasteiger partial charge is 0.126 e. The minimum atomic E-state index is -0.580. The fraction of sp³-hybridized carbons (Fsp3) is 0.571. The number of ether oxygens (including phenoxy) is 1. The molecule has 0 saturated carbocycles. The molecular formula is C14H22F2N2O. The summed E-state index contributed by atoms with van der Waals surface area (Å²) in [6, 6.07) is 3.30. The summed E-state index contributed by atoms with van der Waals surface area (Å²) < 4.78 is 32.0. The van der Waals surface area contributed by atoms with Crippen molar-refractivity contribution in [1.29, 1.82) is 0 Å². The third kappa shape index (κ3) is 4.86. The molecule has 0 fully saturated rings. The molecule has 0 aliphatic carbocycles. The Balaban J connectivity index is 2.84. The van der Waals surface area contributed by atoms with Crippen molar-refractivity contribution in [1.82, 2.24) is 5.43 Å². The van der Waals surface area contributed by atoms with E-state index in [2.05, 4.69) is 5.43 Å². The molecule has 0 radical (unpaired) electrons. The molecule has 2 unspecified atom stereocenters. The molecule has 0 aromatic heterocycles. The van der Waals surface area contributed by atoms with Crippen LogP contribution in [0.15, 0.2) is 18.2 Å². The summed E-state index contributed by atoms with van der Waals surface area (Å²) in [6.45, 7) is 6.52. The lowest BCUT2D eigenvalue weighted by Crippen LogP contribution is -2.48. The van der Waals surface area contributed by atoms with Crippen LogP contribution in [0, 0.1) is 17.6 Å². The van der Waals surface area contributed by atoms with Gasteiger partial charge in [-0.05, 0) is 37.0 Å². The van der Waals surface area contributed by atoms with Crippen LogP contribution in [0.3, 0.4) is 0 Å². The highest BCUT2D eigenvalue weighted by molar-refractivity contribution is 5.19. The maximum Gasteiger partial charge on any atom is 0.126 e. The average Bonchev–Trinajstić information content (AvgIpc) is 2.32. The van der Waals surface area contributed by atoms with E-state index in [4.69, 9.17) is 10.6 Å². The van der Waals surface area contributed by atoms with Crippen LogP contribution in [0.1, 0.15) is 26.3 Å². The summed E-state index contributed by atoms with van der Waals surface area (Å²) in [5, 5.41) is 0. The Morgan fingerprint density at radius 3 is 2.21 bits per heavy atom. The topological polar surface area (TPSA) is 47.3 Å². The molecule has 0 bridgehead atoms. The molecule has 1 aromatic carbocycles. The Labute approximate surface area is 113 Å². The van der Waals surface area contributed by atoms with Crippen molar-refractivity contribution in [3.63, 3.8) is 0 Å². The van der Waals surface area contributed by atoms with Gasteiger partial charge in [0, 0.05) is 12.7 Å². The molecule has 19 heavy (non-hydrogen) atoms. The zero-order chi connectivity index (χ0) is 14.4. The summed E-state index contributed by atoms with van der Waals surface area (Å²) in [5.74, 6) is 4.64. The highest BCUT2D eigenvalue weighted by Gasteiger charge is 2.24. The van der Waals surface area contributed by atoms with Crippen molar-refractivity contribution < 1.29 is 13.5 Å². The van der Waals surface area contributed by atoms with Gasteiger partial charge in [-0.15, -0.1) is 0 Å². The molecule has 0 spiro atoms. The number of rotatable bonds is 7. The van der Waals surface area contributed by atoms with Gasteiger partial charge < -0.3 is 4.74 Å². The Kier molecular flexibility index (Phi) is 6.34. The van der Waals surface area contributed by atoms with E-state index in [1.165, 1.54) is 12.1 Å². The number of hydrogen-bond acceptors (Lipinski definition) is 3. The van der Waals surface area contributed by atoms with E-state index in [9.17, 15) is 8.78 Å². The molecule has 0 aliphatic rings. The van der Waals surface area contributed by atoms with Gasteiger partial charge in [0.1, 0.15) is 11.6 Å². The van der Waals surface area contributed by atoms with Crippen LogP contribution in [0.5, 0.6) is 0 Å². The van der Waals surface area contributed by atoms with E-state index in [0.29, 0.717) is 18.6 Å². The fourth-order valence-electron chi connectivity index (χ4n) is 2.22. The molecule has 5 heteroatoms. The first-order valence-corrected chi connectivity index (χ1v) is 6.50. The minimum absolute atomic E-state index is 0.110. The quantitative estimate of drug-likeness (QED) is 0.592. The molecule has 1 rings (SSSR count). The largest absolute Gasteiger partial charge is 0.377 e. The van der Waals surface area contributed by atoms with Crippen LogP contribution in [0.4, 0.5) is 8.78 Å². The van der Waals surface area contributed by atoms with Gasteiger partial charge in [0.25, 0.3) is 0 Å². The van der Waals surface area contributed by atoms with Gasteiger partial charge in [-0.25, -0.2) is 8.78 Å². The first kappa shape index (κ1) is 16.0. The predicted octanol–water partition coefficient (Wildman–Crippen LogP) is 2.40. The van der Waals surface area contributed by atoms with Crippen molar-refractivity contribution in [3.8, 4) is 0 Å². The molecule has 3 N–H and O–H groups in total. The molecule has 2 atom stereocenters. The Bertz CT molecular complexity index is 379. The van der Waals surface area contributed by atoms with E-state index in [-0.39, 0.29) is 18.1 Å². The molecule has 108 valence electrons. The Morgan fingerprint density at radius 1 is 1.21 bits per heavy atom. The first-order chi connectivity index (χ1) is 8.97. The van der Waals surface area contributed by atoms with Crippen LogP contribution in [0.25, 0.3) is 0 Å². The highest BCUT2D eigenvalue weighted by atomic mass is 19.1. The van der Waals surface area contributed by atoms with Crippen molar-refractivity contribution in [2.45, 2.75) is 39.3 Å². The number of nitrogens with two attached hydrogens (primary N) is 1. The zero-order valence-electron chi connectivity index (χ0n) is 11.6. The number of hydrazine groups is 1. The number of hydrogen-bond donors (Lipinski definition) is 2. The van der Waals surface area contributed by atoms with Crippen LogP contribution < -0.4 is 11.3 Å². The normalized spacial score (nSPS) is 14.7. The van der Waals surface area contributed by atoms with Gasteiger partial charge in [0.2, 0.25) is 0 Å². The Hall–Kier alpha value is -1.04. The molecule has 1 aromatic rings. The van der Waals surface area contributed by atoms with E-state index < -0.39 is 11.6 Å². The van der Waals surface area contributed by atoms with Gasteiger partial charge in [-0.1, -0.05) is 13.8 Å². The molecule has 0 saturated heterocycles. The summed E-state index contributed by atoms with van der Waals surface area (Å²) >= 11 is 0. The van der Waals surface area contributed by atoms with Crippen molar-refractivity contribution in [2.24, 2.45) is 11.8 Å². The third-order valence-corrected chi connectivity index (χ3v) is 3.00. The molecular weight excluding hydrogens is 250 g/mol. The summed E-state index contributed by atoms with van der Waals surface area (Å²) in [5.41, 5.74) is 3.25. The summed E-state index contributed by atoms with van der Waals surface area (Å²) in [4.78, 5) is 0.